The van der Waals surface area contributed by atoms with Gasteiger partial charge in [-0.25, -0.2) is 0 Å². The summed E-state index contributed by atoms with van der Waals surface area (Å²) < 4.78 is 0. The second-order valence-electron chi connectivity index (χ2n) is 4.19. The highest BCUT2D eigenvalue weighted by Crippen LogP contribution is 2.59. The van der Waals surface area contributed by atoms with Crippen molar-refractivity contribution in [1.29, 1.82) is 0 Å². The van der Waals surface area contributed by atoms with Crippen molar-refractivity contribution in [3.63, 3.8) is 0 Å². The Bertz CT molecular complexity index is 144. The molecule has 0 radical (unpaired) electrons. The largest absolute Gasteiger partial charge is 0.393 e. The second kappa shape index (κ2) is 2.78. The molecule has 2 aliphatic carbocycles. The van der Waals surface area contributed by atoms with Gasteiger partial charge < -0.3 is 5.11 Å². The molecule has 0 unspecified atom stereocenters. The van der Waals surface area contributed by atoms with E-state index in [-0.39, 0.29) is 6.10 Å². The van der Waals surface area contributed by atoms with E-state index in [2.05, 4.69) is 6.92 Å². The van der Waals surface area contributed by atoms with E-state index in [1.54, 1.807) is 0 Å². The second-order valence-corrected chi connectivity index (χ2v) is 4.19. The van der Waals surface area contributed by atoms with Gasteiger partial charge in [-0.3, -0.25) is 0 Å². The number of aliphatic hydroxyl groups is 1. The van der Waals surface area contributed by atoms with Crippen LogP contribution in [0.2, 0.25) is 0 Å². The van der Waals surface area contributed by atoms with Gasteiger partial charge in [0.2, 0.25) is 0 Å². The Morgan fingerprint density at radius 2 is 2.18 bits per heavy atom. The van der Waals surface area contributed by atoms with E-state index < -0.39 is 0 Å². The fourth-order valence-electron chi connectivity index (χ4n) is 2.85. The predicted octanol–water partition coefficient (Wildman–Crippen LogP) is 2.19. The van der Waals surface area contributed by atoms with Gasteiger partial charge >= 0.3 is 0 Å². The molecule has 1 heteroatoms. The van der Waals surface area contributed by atoms with Crippen molar-refractivity contribution in [2.24, 2.45) is 17.8 Å². The van der Waals surface area contributed by atoms with Crippen molar-refractivity contribution in [2.75, 3.05) is 0 Å². The molecule has 11 heavy (non-hydrogen) atoms. The molecular weight excluding hydrogens is 136 g/mol. The van der Waals surface area contributed by atoms with Crippen LogP contribution in [0.5, 0.6) is 0 Å². The van der Waals surface area contributed by atoms with Crippen LogP contribution in [0.4, 0.5) is 0 Å². The lowest BCUT2D eigenvalue weighted by Crippen LogP contribution is -2.07. The van der Waals surface area contributed by atoms with E-state index in [1.165, 1.54) is 25.7 Å². The van der Waals surface area contributed by atoms with Gasteiger partial charge in [0.15, 0.2) is 0 Å². The highest BCUT2D eigenvalue weighted by Gasteiger charge is 2.56. The molecule has 1 N–H and O–H groups in total. The van der Waals surface area contributed by atoms with Crippen LogP contribution in [0.1, 0.15) is 39.0 Å². The Labute approximate surface area is 68.8 Å². The lowest BCUT2D eigenvalue weighted by atomic mass is 10.0. The number of hydrogen-bond acceptors (Lipinski definition) is 1. The Kier molecular flexibility index (Phi) is 1.92. The minimum Gasteiger partial charge on any atom is -0.393 e. The molecule has 0 saturated heterocycles. The average Bonchev–Trinajstić information content (AvgIpc) is 2.58. The first-order chi connectivity index (χ1) is 5.34. The number of aliphatic hydroxyl groups excluding tert-OH is 1. The number of unbranched alkanes of at least 4 members (excludes halogenated alkanes) is 1. The molecule has 0 aromatic rings. The van der Waals surface area contributed by atoms with Crippen molar-refractivity contribution >= 4 is 0 Å². The van der Waals surface area contributed by atoms with E-state index in [0.717, 1.165) is 24.2 Å². The van der Waals surface area contributed by atoms with Crippen LogP contribution in [0.25, 0.3) is 0 Å². The molecule has 2 saturated carbocycles. The van der Waals surface area contributed by atoms with E-state index in [1.807, 2.05) is 0 Å². The van der Waals surface area contributed by atoms with E-state index in [4.69, 9.17) is 0 Å². The van der Waals surface area contributed by atoms with Gasteiger partial charge in [-0.05, 0) is 37.0 Å². The van der Waals surface area contributed by atoms with Gasteiger partial charge in [-0.1, -0.05) is 19.8 Å². The van der Waals surface area contributed by atoms with Crippen LogP contribution in [0.15, 0.2) is 0 Å². The van der Waals surface area contributed by atoms with E-state index >= 15 is 0 Å². The quantitative estimate of drug-likeness (QED) is 0.660. The fourth-order valence-corrected chi connectivity index (χ4v) is 2.85. The lowest BCUT2D eigenvalue weighted by molar-refractivity contribution is 0.149. The Morgan fingerprint density at radius 1 is 1.36 bits per heavy atom. The first-order valence-corrected chi connectivity index (χ1v) is 5.02. The summed E-state index contributed by atoms with van der Waals surface area (Å²) in [5, 5.41) is 9.51. The molecule has 2 aliphatic rings. The van der Waals surface area contributed by atoms with Crippen LogP contribution in [0, 0.1) is 17.8 Å². The van der Waals surface area contributed by atoms with Gasteiger partial charge in [0.1, 0.15) is 0 Å². The molecule has 4 atom stereocenters. The molecule has 0 heterocycles. The maximum absolute atomic E-state index is 9.51. The van der Waals surface area contributed by atoms with Crippen LogP contribution in [-0.4, -0.2) is 11.2 Å². The molecule has 0 bridgehead atoms. The maximum atomic E-state index is 9.51. The standard InChI is InChI=1S/C10H18O/c1-2-3-4-7-8-5-6-9(11)10(7)8/h7-11H,2-6H2,1H3/t7-,8-,9+,10+/m0/s1. The molecule has 0 aromatic heterocycles. The zero-order valence-corrected chi connectivity index (χ0v) is 7.29. The Morgan fingerprint density at radius 3 is 2.73 bits per heavy atom. The first-order valence-electron chi connectivity index (χ1n) is 5.02. The highest BCUT2D eigenvalue weighted by molar-refractivity contribution is 5.05. The molecule has 0 aromatic carbocycles. The Balaban J connectivity index is 1.76. The molecule has 0 amide bonds. The highest BCUT2D eigenvalue weighted by atomic mass is 16.3. The van der Waals surface area contributed by atoms with Gasteiger partial charge in [-0.2, -0.15) is 0 Å². The van der Waals surface area contributed by atoms with E-state index in [0.29, 0.717) is 0 Å². The van der Waals surface area contributed by atoms with Crippen LogP contribution in [0.3, 0.4) is 0 Å². The van der Waals surface area contributed by atoms with Crippen molar-refractivity contribution in [2.45, 2.75) is 45.1 Å². The fraction of sp³-hybridized carbons (Fsp3) is 1.00. The molecular formula is C10H18O. The predicted molar refractivity (Wildman–Crippen MR) is 45.2 cm³/mol. The Hall–Kier alpha value is -0.0400. The van der Waals surface area contributed by atoms with E-state index in [9.17, 15) is 5.11 Å². The topological polar surface area (TPSA) is 20.2 Å². The van der Waals surface area contributed by atoms with Gasteiger partial charge in [0.25, 0.3) is 0 Å². The smallest absolute Gasteiger partial charge is 0.0574 e. The first kappa shape index (κ1) is 7.60. The molecule has 0 aliphatic heterocycles. The van der Waals surface area contributed by atoms with Gasteiger partial charge in [0.05, 0.1) is 6.10 Å². The summed E-state index contributed by atoms with van der Waals surface area (Å²) in [6.45, 7) is 2.24. The zero-order valence-electron chi connectivity index (χ0n) is 7.29. The van der Waals surface area contributed by atoms with Gasteiger partial charge in [-0.15, -0.1) is 0 Å². The van der Waals surface area contributed by atoms with Crippen molar-refractivity contribution in [1.82, 2.24) is 0 Å². The minimum atomic E-state index is 0.0712. The van der Waals surface area contributed by atoms with Crippen molar-refractivity contribution in [3.8, 4) is 0 Å². The monoisotopic (exact) mass is 154 g/mol. The minimum absolute atomic E-state index is 0.0712. The average molecular weight is 154 g/mol. The van der Waals surface area contributed by atoms with Crippen LogP contribution in [-0.2, 0) is 0 Å². The summed E-state index contributed by atoms with van der Waals surface area (Å²) >= 11 is 0. The van der Waals surface area contributed by atoms with Crippen molar-refractivity contribution in [3.05, 3.63) is 0 Å². The molecule has 2 rings (SSSR count). The summed E-state index contributed by atoms with van der Waals surface area (Å²) in [4.78, 5) is 0. The van der Waals surface area contributed by atoms with Crippen molar-refractivity contribution < 1.29 is 5.11 Å². The molecule has 2 fully saturated rings. The normalized spacial score (nSPS) is 47.5. The number of fused-ring (bicyclic) bond motifs is 1. The van der Waals surface area contributed by atoms with Crippen LogP contribution >= 0.6 is 0 Å². The summed E-state index contributed by atoms with van der Waals surface area (Å²) in [7, 11) is 0. The SMILES string of the molecule is CCCC[C@H]1[C@@H]2CC[C@@H](O)[C@H]12. The third-order valence-electron chi connectivity index (χ3n) is 3.53. The summed E-state index contributed by atoms with van der Waals surface area (Å²) in [6.07, 6.45) is 6.51. The number of rotatable bonds is 3. The zero-order chi connectivity index (χ0) is 7.84. The molecule has 64 valence electrons. The van der Waals surface area contributed by atoms with Gasteiger partial charge in [0, 0.05) is 0 Å². The van der Waals surface area contributed by atoms with Crippen LogP contribution < -0.4 is 0 Å². The summed E-state index contributed by atoms with van der Waals surface area (Å²) in [6, 6.07) is 0. The molecule has 0 spiro atoms. The summed E-state index contributed by atoms with van der Waals surface area (Å²) in [5.74, 6) is 2.57. The maximum Gasteiger partial charge on any atom is 0.0574 e. The molecule has 1 nitrogen and oxygen atoms in total. The lowest BCUT2D eigenvalue weighted by Gasteiger charge is -2.06. The third kappa shape index (κ3) is 1.20. The summed E-state index contributed by atoms with van der Waals surface area (Å²) in [5.41, 5.74) is 0. The number of hydrogen-bond donors (Lipinski definition) is 1. The third-order valence-corrected chi connectivity index (χ3v) is 3.53.